The predicted octanol–water partition coefficient (Wildman–Crippen LogP) is 4.27. The van der Waals surface area contributed by atoms with Gasteiger partial charge in [-0.25, -0.2) is 4.39 Å². The molecule has 3 rings (SSSR count). The van der Waals surface area contributed by atoms with Crippen LogP contribution in [0.3, 0.4) is 0 Å². The molecule has 20 heavy (non-hydrogen) atoms. The first-order valence-corrected chi connectivity index (χ1v) is 6.72. The van der Waals surface area contributed by atoms with Crippen LogP contribution in [0.25, 0.3) is 10.9 Å². The van der Waals surface area contributed by atoms with Gasteiger partial charge in [-0.1, -0.05) is 25.1 Å². The van der Waals surface area contributed by atoms with E-state index in [9.17, 15) is 4.39 Å². The molecule has 102 valence electrons. The first kappa shape index (κ1) is 12.7. The molecule has 0 fully saturated rings. The number of halogens is 1. The van der Waals surface area contributed by atoms with E-state index in [0.717, 1.165) is 23.0 Å². The highest BCUT2D eigenvalue weighted by molar-refractivity contribution is 5.81. The summed E-state index contributed by atoms with van der Waals surface area (Å²) in [6, 6.07) is 12.8. The molecule has 0 bridgehead atoms. The van der Waals surface area contributed by atoms with Gasteiger partial charge in [-0.05, 0) is 30.7 Å². The molecule has 2 aromatic carbocycles. The summed E-state index contributed by atoms with van der Waals surface area (Å²) in [6.45, 7) is 2.04. The SMILES string of the molecule is CCC(Nc1ccc2cn[nH]c2c1)c1ccccc1F. The Morgan fingerprint density at radius 2 is 2.10 bits per heavy atom. The van der Waals surface area contributed by atoms with E-state index in [-0.39, 0.29) is 11.9 Å². The minimum Gasteiger partial charge on any atom is -0.378 e. The number of rotatable bonds is 4. The summed E-state index contributed by atoms with van der Waals surface area (Å²) in [7, 11) is 0. The molecule has 2 N–H and O–H groups in total. The van der Waals surface area contributed by atoms with Crippen LogP contribution in [0.5, 0.6) is 0 Å². The van der Waals surface area contributed by atoms with Crippen LogP contribution < -0.4 is 5.32 Å². The van der Waals surface area contributed by atoms with E-state index in [1.54, 1.807) is 12.3 Å². The Morgan fingerprint density at radius 3 is 2.90 bits per heavy atom. The molecule has 3 nitrogen and oxygen atoms in total. The minimum absolute atomic E-state index is 0.0448. The third-order valence-electron chi connectivity index (χ3n) is 3.47. The Labute approximate surface area is 116 Å². The average Bonchev–Trinajstić information content (AvgIpc) is 2.93. The predicted molar refractivity (Wildman–Crippen MR) is 79.1 cm³/mol. The van der Waals surface area contributed by atoms with Crippen molar-refractivity contribution in [3.05, 3.63) is 60.0 Å². The second-order valence-electron chi connectivity index (χ2n) is 4.80. The molecule has 0 aliphatic rings. The van der Waals surface area contributed by atoms with E-state index in [4.69, 9.17) is 0 Å². The van der Waals surface area contributed by atoms with Gasteiger partial charge in [0.2, 0.25) is 0 Å². The summed E-state index contributed by atoms with van der Waals surface area (Å²) in [5, 5.41) is 11.4. The molecular formula is C16H16FN3. The van der Waals surface area contributed by atoms with Crippen LogP contribution in [-0.4, -0.2) is 10.2 Å². The topological polar surface area (TPSA) is 40.7 Å². The lowest BCUT2D eigenvalue weighted by Gasteiger charge is -2.19. The van der Waals surface area contributed by atoms with Crippen molar-refractivity contribution in [2.45, 2.75) is 19.4 Å². The van der Waals surface area contributed by atoms with Crippen LogP contribution >= 0.6 is 0 Å². The molecule has 0 saturated carbocycles. The standard InChI is InChI=1S/C16H16FN3/c1-2-15(13-5-3-4-6-14(13)17)19-12-8-7-11-10-18-20-16(11)9-12/h3-10,15,19H,2H2,1H3,(H,18,20). The highest BCUT2D eigenvalue weighted by atomic mass is 19.1. The number of aromatic nitrogens is 2. The lowest BCUT2D eigenvalue weighted by atomic mass is 10.0. The van der Waals surface area contributed by atoms with Crippen molar-refractivity contribution in [3.63, 3.8) is 0 Å². The Morgan fingerprint density at radius 1 is 1.25 bits per heavy atom. The highest BCUT2D eigenvalue weighted by Crippen LogP contribution is 2.26. The zero-order valence-electron chi connectivity index (χ0n) is 11.2. The molecule has 1 unspecified atom stereocenters. The number of fused-ring (bicyclic) bond motifs is 1. The number of aromatic amines is 1. The fraction of sp³-hybridized carbons (Fsp3) is 0.188. The summed E-state index contributed by atoms with van der Waals surface area (Å²) >= 11 is 0. The van der Waals surface area contributed by atoms with Crippen molar-refractivity contribution >= 4 is 16.6 Å². The van der Waals surface area contributed by atoms with Gasteiger partial charge in [-0.2, -0.15) is 5.10 Å². The van der Waals surface area contributed by atoms with Gasteiger partial charge >= 0.3 is 0 Å². The molecule has 4 heteroatoms. The monoisotopic (exact) mass is 269 g/mol. The molecule has 0 amide bonds. The normalized spacial score (nSPS) is 12.5. The first-order valence-electron chi connectivity index (χ1n) is 6.72. The number of nitrogens with zero attached hydrogens (tertiary/aromatic N) is 1. The third-order valence-corrected chi connectivity index (χ3v) is 3.47. The number of H-pyrrole nitrogens is 1. The van der Waals surface area contributed by atoms with Crippen LogP contribution in [0.4, 0.5) is 10.1 Å². The molecule has 0 aliphatic carbocycles. The number of hydrogen-bond acceptors (Lipinski definition) is 2. The van der Waals surface area contributed by atoms with E-state index in [1.165, 1.54) is 6.07 Å². The molecule has 0 spiro atoms. The van der Waals surface area contributed by atoms with Gasteiger partial charge in [-0.3, -0.25) is 5.10 Å². The van der Waals surface area contributed by atoms with E-state index < -0.39 is 0 Å². The third kappa shape index (κ3) is 2.37. The first-order chi connectivity index (χ1) is 9.78. The van der Waals surface area contributed by atoms with Crippen LogP contribution in [-0.2, 0) is 0 Å². The van der Waals surface area contributed by atoms with E-state index >= 15 is 0 Å². The fourth-order valence-electron chi connectivity index (χ4n) is 2.39. The number of hydrogen-bond donors (Lipinski definition) is 2. The summed E-state index contributed by atoms with van der Waals surface area (Å²) in [4.78, 5) is 0. The Balaban J connectivity index is 1.89. The minimum atomic E-state index is -0.172. The van der Waals surface area contributed by atoms with Crippen LogP contribution in [0.2, 0.25) is 0 Å². The number of nitrogens with one attached hydrogen (secondary N) is 2. The van der Waals surface area contributed by atoms with Gasteiger partial charge in [0.05, 0.1) is 17.8 Å². The molecule has 1 atom stereocenters. The smallest absolute Gasteiger partial charge is 0.128 e. The molecule has 0 radical (unpaired) electrons. The van der Waals surface area contributed by atoms with Crippen molar-refractivity contribution in [1.82, 2.24) is 10.2 Å². The number of benzene rings is 2. The lowest BCUT2D eigenvalue weighted by Crippen LogP contribution is -2.11. The van der Waals surface area contributed by atoms with Crippen LogP contribution in [0.1, 0.15) is 24.9 Å². The van der Waals surface area contributed by atoms with E-state index in [0.29, 0.717) is 5.56 Å². The van der Waals surface area contributed by atoms with Gasteiger partial charge in [-0.15, -0.1) is 0 Å². The molecule has 0 saturated heterocycles. The summed E-state index contributed by atoms with van der Waals surface area (Å²) in [6.07, 6.45) is 2.59. The summed E-state index contributed by atoms with van der Waals surface area (Å²) in [5.74, 6) is -0.172. The maximum Gasteiger partial charge on any atom is 0.128 e. The van der Waals surface area contributed by atoms with Crippen molar-refractivity contribution in [1.29, 1.82) is 0 Å². The van der Waals surface area contributed by atoms with Gasteiger partial charge in [0, 0.05) is 16.6 Å². The molecule has 1 heterocycles. The quantitative estimate of drug-likeness (QED) is 0.742. The number of anilines is 1. The summed E-state index contributed by atoms with van der Waals surface area (Å²) in [5.41, 5.74) is 2.62. The van der Waals surface area contributed by atoms with Crippen LogP contribution in [0, 0.1) is 5.82 Å². The second kappa shape index (κ2) is 5.33. The van der Waals surface area contributed by atoms with Crippen molar-refractivity contribution in [2.24, 2.45) is 0 Å². The maximum atomic E-state index is 13.9. The lowest BCUT2D eigenvalue weighted by molar-refractivity contribution is 0.587. The zero-order chi connectivity index (χ0) is 13.9. The fourth-order valence-corrected chi connectivity index (χ4v) is 2.39. The van der Waals surface area contributed by atoms with Gasteiger partial charge in [0.15, 0.2) is 0 Å². The van der Waals surface area contributed by atoms with Crippen molar-refractivity contribution in [2.75, 3.05) is 5.32 Å². The molecule has 3 aromatic rings. The maximum absolute atomic E-state index is 13.9. The molecular weight excluding hydrogens is 253 g/mol. The second-order valence-corrected chi connectivity index (χ2v) is 4.80. The molecule has 0 aliphatic heterocycles. The highest BCUT2D eigenvalue weighted by Gasteiger charge is 2.13. The largest absolute Gasteiger partial charge is 0.378 e. The Hall–Kier alpha value is -2.36. The van der Waals surface area contributed by atoms with Crippen LogP contribution in [0.15, 0.2) is 48.7 Å². The van der Waals surface area contributed by atoms with Gasteiger partial charge in [0.25, 0.3) is 0 Å². The van der Waals surface area contributed by atoms with E-state index in [1.807, 2.05) is 37.3 Å². The zero-order valence-corrected chi connectivity index (χ0v) is 11.2. The Kier molecular flexibility index (Phi) is 3.37. The van der Waals surface area contributed by atoms with Gasteiger partial charge < -0.3 is 5.32 Å². The average molecular weight is 269 g/mol. The van der Waals surface area contributed by atoms with Crippen molar-refractivity contribution < 1.29 is 4.39 Å². The summed E-state index contributed by atoms with van der Waals surface area (Å²) < 4.78 is 13.9. The van der Waals surface area contributed by atoms with Gasteiger partial charge in [0.1, 0.15) is 5.82 Å². The van der Waals surface area contributed by atoms with E-state index in [2.05, 4.69) is 15.5 Å². The molecule has 1 aromatic heterocycles. The Bertz CT molecular complexity index is 720. The van der Waals surface area contributed by atoms with Crippen molar-refractivity contribution in [3.8, 4) is 0 Å².